The second-order valence-electron chi connectivity index (χ2n) is 5.88. The van der Waals surface area contributed by atoms with Gasteiger partial charge in [0, 0.05) is 25.3 Å². The van der Waals surface area contributed by atoms with Crippen LogP contribution in [0.25, 0.3) is 0 Å². The number of rotatable bonds is 8. The van der Waals surface area contributed by atoms with Crippen LogP contribution in [0.15, 0.2) is 29.2 Å². The van der Waals surface area contributed by atoms with E-state index in [-0.39, 0.29) is 5.41 Å². The minimum atomic E-state index is -3.39. The highest BCUT2D eigenvalue weighted by Gasteiger charge is 2.20. The summed E-state index contributed by atoms with van der Waals surface area (Å²) < 4.78 is 26.3. The van der Waals surface area contributed by atoms with Crippen LogP contribution in [0.5, 0.6) is 0 Å². The van der Waals surface area contributed by atoms with Crippen molar-refractivity contribution in [1.29, 1.82) is 0 Å². The van der Waals surface area contributed by atoms with Gasteiger partial charge < -0.3 is 10.6 Å². The molecule has 0 aliphatic rings. The molecule has 0 aliphatic carbocycles. The molecule has 0 saturated carbocycles. The highest BCUT2D eigenvalue weighted by Crippen LogP contribution is 2.22. The fourth-order valence-electron chi connectivity index (χ4n) is 2.08. The fourth-order valence-corrected chi connectivity index (χ4v) is 3.12. The Bertz CT molecular complexity index is 539. The first-order chi connectivity index (χ1) is 9.75. The molecule has 6 heteroatoms. The number of nitrogens with one attached hydrogen (secondary N) is 1. The minimum Gasteiger partial charge on any atom is -0.371 e. The summed E-state index contributed by atoms with van der Waals surface area (Å²) in [6.45, 7) is 10.8. The summed E-state index contributed by atoms with van der Waals surface area (Å²) in [7, 11) is -3.39. The maximum absolute atomic E-state index is 11.9. The second kappa shape index (κ2) is 7.24. The SMILES string of the molecule is CCNS(=O)(=O)c1ccc(N(CC)CC(C)(C)CN)cc1. The number of sulfonamides is 1. The Kier molecular flexibility index (Phi) is 6.19. The van der Waals surface area contributed by atoms with E-state index in [1.54, 1.807) is 19.1 Å². The molecule has 0 heterocycles. The molecule has 1 aromatic carbocycles. The zero-order valence-corrected chi connectivity index (χ0v) is 14.2. The van der Waals surface area contributed by atoms with E-state index in [1.165, 1.54) is 0 Å². The van der Waals surface area contributed by atoms with Crippen molar-refractivity contribution in [2.24, 2.45) is 11.1 Å². The Labute approximate surface area is 128 Å². The third kappa shape index (κ3) is 4.98. The molecular formula is C15H27N3O2S. The molecule has 5 nitrogen and oxygen atoms in total. The van der Waals surface area contributed by atoms with E-state index < -0.39 is 10.0 Å². The Hall–Kier alpha value is -1.11. The van der Waals surface area contributed by atoms with E-state index in [0.717, 1.165) is 18.8 Å². The lowest BCUT2D eigenvalue weighted by Gasteiger charge is -2.32. The fraction of sp³-hybridized carbons (Fsp3) is 0.600. The number of benzene rings is 1. The number of nitrogens with two attached hydrogens (primary N) is 1. The van der Waals surface area contributed by atoms with Gasteiger partial charge in [-0.1, -0.05) is 20.8 Å². The summed E-state index contributed by atoms with van der Waals surface area (Å²) in [6, 6.07) is 6.98. The van der Waals surface area contributed by atoms with Crippen molar-refractivity contribution in [3.63, 3.8) is 0 Å². The molecule has 0 unspecified atom stereocenters. The lowest BCUT2D eigenvalue weighted by molar-refractivity contribution is 0.380. The molecule has 0 atom stereocenters. The summed E-state index contributed by atoms with van der Waals surface area (Å²) in [5, 5.41) is 0. The van der Waals surface area contributed by atoms with E-state index in [0.29, 0.717) is 18.0 Å². The third-order valence-corrected chi connectivity index (χ3v) is 4.96. The molecule has 120 valence electrons. The molecule has 1 aromatic rings. The van der Waals surface area contributed by atoms with Gasteiger partial charge in [-0.25, -0.2) is 13.1 Å². The van der Waals surface area contributed by atoms with Gasteiger partial charge in [0.1, 0.15) is 0 Å². The number of nitrogens with zero attached hydrogens (tertiary/aromatic N) is 1. The van der Waals surface area contributed by atoms with Gasteiger partial charge in [0.05, 0.1) is 4.90 Å². The van der Waals surface area contributed by atoms with Crippen molar-refractivity contribution < 1.29 is 8.42 Å². The van der Waals surface area contributed by atoms with E-state index >= 15 is 0 Å². The van der Waals surface area contributed by atoms with Gasteiger partial charge in [0.2, 0.25) is 10.0 Å². The molecule has 0 bridgehead atoms. The average Bonchev–Trinajstić information content (AvgIpc) is 2.45. The summed E-state index contributed by atoms with van der Waals surface area (Å²) >= 11 is 0. The van der Waals surface area contributed by atoms with Gasteiger partial charge in [-0.15, -0.1) is 0 Å². The first-order valence-corrected chi connectivity index (χ1v) is 8.79. The van der Waals surface area contributed by atoms with Gasteiger partial charge in [0.15, 0.2) is 0 Å². The lowest BCUT2D eigenvalue weighted by Crippen LogP contribution is -2.38. The first kappa shape index (κ1) is 17.9. The van der Waals surface area contributed by atoms with Gasteiger partial charge in [-0.3, -0.25) is 0 Å². The van der Waals surface area contributed by atoms with Gasteiger partial charge in [-0.05, 0) is 43.1 Å². The van der Waals surface area contributed by atoms with Crippen LogP contribution in [0.2, 0.25) is 0 Å². The largest absolute Gasteiger partial charge is 0.371 e. The Morgan fingerprint density at radius 1 is 1.19 bits per heavy atom. The van der Waals surface area contributed by atoms with Crippen molar-refractivity contribution in [2.75, 3.05) is 31.1 Å². The topological polar surface area (TPSA) is 75.4 Å². The maximum atomic E-state index is 11.9. The molecule has 0 saturated heterocycles. The van der Waals surface area contributed by atoms with Crippen molar-refractivity contribution >= 4 is 15.7 Å². The van der Waals surface area contributed by atoms with Crippen LogP contribution in [0, 0.1) is 5.41 Å². The zero-order valence-electron chi connectivity index (χ0n) is 13.4. The molecule has 0 amide bonds. The van der Waals surface area contributed by atoms with Crippen LogP contribution in [-0.4, -0.2) is 34.6 Å². The predicted molar refractivity (Wildman–Crippen MR) is 88.0 cm³/mol. The molecule has 0 radical (unpaired) electrons. The van der Waals surface area contributed by atoms with E-state index in [2.05, 4.69) is 30.4 Å². The van der Waals surface area contributed by atoms with Crippen LogP contribution in [0.3, 0.4) is 0 Å². The molecule has 0 fully saturated rings. The highest BCUT2D eigenvalue weighted by molar-refractivity contribution is 7.89. The van der Waals surface area contributed by atoms with Gasteiger partial charge in [0.25, 0.3) is 0 Å². The first-order valence-electron chi connectivity index (χ1n) is 7.30. The molecule has 1 rings (SSSR count). The highest BCUT2D eigenvalue weighted by atomic mass is 32.2. The van der Waals surface area contributed by atoms with Crippen molar-refractivity contribution in [3.05, 3.63) is 24.3 Å². The number of anilines is 1. The summed E-state index contributed by atoms with van der Waals surface area (Å²) in [5.74, 6) is 0. The predicted octanol–water partition coefficient (Wildman–Crippen LogP) is 1.80. The van der Waals surface area contributed by atoms with Crippen LogP contribution in [0.1, 0.15) is 27.7 Å². The van der Waals surface area contributed by atoms with Crippen LogP contribution < -0.4 is 15.4 Å². The van der Waals surface area contributed by atoms with Crippen molar-refractivity contribution in [2.45, 2.75) is 32.6 Å². The summed E-state index contributed by atoms with van der Waals surface area (Å²) in [4.78, 5) is 2.50. The van der Waals surface area contributed by atoms with E-state index in [1.807, 2.05) is 12.1 Å². The Morgan fingerprint density at radius 3 is 2.19 bits per heavy atom. The molecule has 21 heavy (non-hydrogen) atoms. The molecule has 3 N–H and O–H groups in total. The van der Waals surface area contributed by atoms with Crippen molar-refractivity contribution in [3.8, 4) is 0 Å². The smallest absolute Gasteiger partial charge is 0.240 e. The molecular weight excluding hydrogens is 286 g/mol. The maximum Gasteiger partial charge on any atom is 0.240 e. The summed E-state index contributed by atoms with van der Waals surface area (Å²) in [5.41, 5.74) is 6.81. The minimum absolute atomic E-state index is 0.0184. The van der Waals surface area contributed by atoms with E-state index in [4.69, 9.17) is 5.73 Å². The van der Waals surface area contributed by atoms with Crippen LogP contribution >= 0.6 is 0 Å². The quantitative estimate of drug-likeness (QED) is 0.767. The van der Waals surface area contributed by atoms with E-state index in [9.17, 15) is 8.42 Å². The van der Waals surface area contributed by atoms with Gasteiger partial charge in [-0.2, -0.15) is 0 Å². The monoisotopic (exact) mass is 313 g/mol. The lowest BCUT2D eigenvalue weighted by atomic mass is 9.93. The van der Waals surface area contributed by atoms with Gasteiger partial charge >= 0.3 is 0 Å². The van der Waals surface area contributed by atoms with Crippen LogP contribution in [0.4, 0.5) is 5.69 Å². The Morgan fingerprint density at radius 2 is 1.76 bits per heavy atom. The average molecular weight is 313 g/mol. The molecule has 0 spiro atoms. The van der Waals surface area contributed by atoms with Crippen molar-refractivity contribution in [1.82, 2.24) is 4.72 Å². The Balaban J connectivity index is 2.95. The molecule has 0 aliphatic heterocycles. The normalized spacial score (nSPS) is 12.4. The number of hydrogen-bond donors (Lipinski definition) is 2. The third-order valence-electron chi connectivity index (χ3n) is 3.40. The zero-order chi connectivity index (χ0) is 16.1. The second-order valence-corrected chi connectivity index (χ2v) is 7.64. The summed E-state index contributed by atoms with van der Waals surface area (Å²) in [6.07, 6.45) is 0. The number of hydrogen-bond acceptors (Lipinski definition) is 4. The standard InChI is InChI=1S/C15H27N3O2S/c1-5-17-21(19,20)14-9-7-13(8-10-14)18(6-2)12-15(3,4)11-16/h7-10,17H,5-6,11-12,16H2,1-4H3. The van der Waals surface area contributed by atoms with Crippen LogP contribution in [-0.2, 0) is 10.0 Å². The molecule has 0 aromatic heterocycles.